The van der Waals surface area contributed by atoms with Crippen LogP contribution in [0.3, 0.4) is 0 Å². The van der Waals surface area contributed by atoms with E-state index in [2.05, 4.69) is 14.9 Å². The summed E-state index contributed by atoms with van der Waals surface area (Å²) in [6.07, 6.45) is 0. The van der Waals surface area contributed by atoms with E-state index in [0.717, 1.165) is 22.4 Å². The fraction of sp³-hybridized carbons (Fsp3) is 0.400. The van der Waals surface area contributed by atoms with Gasteiger partial charge in [-0.05, 0) is 57.4 Å². The summed E-state index contributed by atoms with van der Waals surface area (Å²) in [6, 6.07) is 1.78. The average molecular weight is 323 g/mol. The lowest BCUT2D eigenvalue weighted by molar-refractivity contribution is 0.408. The maximum absolute atomic E-state index is 12.6. The van der Waals surface area contributed by atoms with E-state index in [4.69, 9.17) is 4.74 Å². The van der Waals surface area contributed by atoms with Crippen molar-refractivity contribution >= 4 is 15.7 Å². The average Bonchev–Trinajstić information content (AvgIpc) is 2.76. The number of H-pyrrole nitrogens is 1. The zero-order valence-electron chi connectivity index (χ0n) is 13.7. The quantitative estimate of drug-likeness (QED) is 0.906. The first-order chi connectivity index (χ1) is 10.2. The first kappa shape index (κ1) is 16.4. The third kappa shape index (κ3) is 2.68. The first-order valence-corrected chi connectivity index (χ1v) is 8.36. The minimum Gasteiger partial charge on any atom is -0.496 e. The number of nitrogens with one attached hydrogen (secondary N) is 2. The molecule has 0 aliphatic rings. The van der Waals surface area contributed by atoms with Gasteiger partial charge < -0.3 is 4.74 Å². The highest BCUT2D eigenvalue weighted by Crippen LogP contribution is 2.33. The van der Waals surface area contributed by atoms with Crippen LogP contribution in [0.15, 0.2) is 11.0 Å². The van der Waals surface area contributed by atoms with Gasteiger partial charge in [0.05, 0.1) is 24.2 Å². The molecule has 0 bridgehead atoms. The Morgan fingerprint density at radius 1 is 1.14 bits per heavy atom. The van der Waals surface area contributed by atoms with Crippen LogP contribution < -0.4 is 9.46 Å². The van der Waals surface area contributed by atoms with E-state index in [0.29, 0.717) is 17.1 Å². The van der Waals surface area contributed by atoms with E-state index >= 15 is 0 Å². The van der Waals surface area contributed by atoms with Crippen molar-refractivity contribution in [3.63, 3.8) is 0 Å². The Balaban J connectivity index is 2.52. The van der Waals surface area contributed by atoms with Crippen molar-refractivity contribution in [2.75, 3.05) is 11.8 Å². The van der Waals surface area contributed by atoms with Crippen molar-refractivity contribution in [2.24, 2.45) is 0 Å². The molecule has 120 valence electrons. The molecule has 0 aliphatic heterocycles. The predicted molar refractivity (Wildman–Crippen MR) is 86.1 cm³/mol. The van der Waals surface area contributed by atoms with Gasteiger partial charge in [-0.3, -0.25) is 9.82 Å². The van der Waals surface area contributed by atoms with Crippen molar-refractivity contribution in [2.45, 2.75) is 39.5 Å². The zero-order valence-corrected chi connectivity index (χ0v) is 14.5. The number of hydrogen-bond acceptors (Lipinski definition) is 4. The van der Waals surface area contributed by atoms with E-state index in [1.165, 1.54) is 0 Å². The molecule has 22 heavy (non-hydrogen) atoms. The number of hydrogen-bond donors (Lipinski definition) is 2. The molecule has 0 atom stereocenters. The summed E-state index contributed by atoms with van der Waals surface area (Å²) >= 11 is 0. The Hall–Kier alpha value is -2.02. The van der Waals surface area contributed by atoms with Gasteiger partial charge in [0, 0.05) is 0 Å². The molecular weight excluding hydrogens is 302 g/mol. The number of methoxy groups -OCH3 is 1. The van der Waals surface area contributed by atoms with E-state index in [-0.39, 0.29) is 4.90 Å². The topological polar surface area (TPSA) is 84.1 Å². The Morgan fingerprint density at radius 2 is 1.77 bits per heavy atom. The number of aromatic nitrogens is 2. The SMILES string of the molecule is COc1c(C)cc(NS(=O)(=O)c2c(C)n[nH]c2C)c(C)c1C. The lowest BCUT2D eigenvalue weighted by Gasteiger charge is -2.17. The van der Waals surface area contributed by atoms with Gasteiger partial charge in [-0.25, -0.2) is 8.42 Å². The highest BCUT2D eigenvalue weighted by atomic mass is 32.2. The van der Waals surface area contributed by atoms with Crippen LogP contribution in [0.5, 0.6) is 5.75 Å². The molecule has 0 unspecified atom stereocenters. The summed E-state index contributed by atoms with van der Waals surface area (Å²) in [5.74, 6) is 0.774. The van der Waals surface area contributed by atoms with Crippen LogP contribution in [0.2, 0.25) is 0 Å². The lowest BCUT2D eigenvalue weighted by atomic mass is 10.0. The van der Waals surface area contributed by atoms with E-state index in [9.17, 15) is 8.42 Å². The molecular formula is C15H21N3O3S. The molecule has 7 heteroatoms. The second-order valence-corrected chi connectivity index (χ2v) is 7.01. The highest BCUT2D eigenvalue weighted by molar-refractivity contribution is 7.92. The second kappa shape index (κ2) is 5.64. The van der Waals surface area contributed by atoms with E-state index in [1.807, 2.05) is 20.8 Å². The molecule has 0 aliphatic carbocycles. The molecule has 0 spiro atoms. The molecule has 6 nitrogen and oxygen atoms in total. The van der Waals surface area contributed by atoms with Crippen LogP contribution in [0.25, 0.3) is 0 Å². The number of sulfonamides is 1. The maximum atomic E-state index is 12.6. The third-order valence-electron chi connectivity index (χ3n) is 3.80. The third-order valence-corrected chi connectivity index (χ3v) is 5.43. The fourth-order valence-corrected chi connectivity index (χ4v) is 4.10. The van der Waals surface area contributed by atoms with Gasteiger partial charge in [-0.2, -0.15) is 5.10 Å². The normalized spacial score (nSPS) is 11.5. The summed E-state index contributed by atoms with van der Waals surface area (Å²) in [5.41, 5.74) is 4.15. The zero-order chi connectivity index (χ0) is 16.7. The minimum absolute atomic E-state index is 0.193. The smallest absolute Gasteiger partial charge is 0.265 e. The van der Waals surface area contributed by atoms with Crippen molar-refractivity contribution in [1.82, 2.24) is 10.2 Å². The molecule has 2 aromatic rings. The number of aromatic amines is 1. The molecule has 1 aromatic carbocycles. The Kier molecular flexibility index (Phi) is 4.19. The molecule has 1 heterocycles. The van der Waals surface area contributed by atoms with E-state index < -0.39 is 10.0 Å². The molecule has 2 rings (SSSR count). The van der Waals surface area contributed by atoms with Gasteiger partial charge >= 0.3 is 0 Å². The Morgan fingerprint density at radius 3 is 2.27 bits per heavy atom. The van der Waals surface area contributed by atoms with Gasteiger partial charge in [0.15, 0.2) is 0 Å². The lowest BCUT2D eigenvalue weighted by Crippen LogP contribution is -2.16. The van der Waals surface area contributed by atoms with Crippen LogP contribution in [-0.4, -0.2) is 25.7 Å². The molecule has 0 saturated heterocycles. The predicted octanol–water partition coefficient (Wildman–Crippen LogP) is 2.76. The largest absolute Gasteiger partial charge is 0.496 e. The number of anilines is 1. The van der Waals surface area contributed by atoms with Crippen LogP contribution in [0.4, 0.5) is 5.69 Å². The van der Waals surface area contributed by atoms with Gasteiger partial charge in [-0.15, -0.1) is 0 Å². The Labute approximate surface area is 130 Å². The van der Waals surface area contributed by atoms with Gasteiger partial charge in [-0.1, -0.05) is 0 Å². The minimum atomic E-state index is -3.69. The number of rotatable bonds is 4. The fourth-order valence-electron chi connectivity index (χ4n) is 2.61. The number of ether oxygens (including phenoxy) is 1. The van der Waals surface area contributed by atoms with Crippen molar-refractivity contribution in [3.8, 4) is 5.75 Å². The van der Waals surface area contributed by atoms with Crippen molar-refractivity contribution in [1.29, 1.82) is 0 Å². The first-order valence-electron chi connectivity index (χ1n) is 6.88. The summed E-state index contributed by atoms with van der Waals surface area (Å²) in [5, 5.41) is 6.64. The summed E-state index contributed by atoms with van der Waals surface area (Å²) in [4.78, 5) is 0.193. The van der Waals surface area contributed by atoms with E-state index in [1.54, 1.807) is 27.0 Å². The van der Waals surface area contributed by atoms with Crippen molar-refractivity contribution in [3.05, 3.63) is 34.1 Å². The number of benzene rings is 1. The monoisotopic (exact) mass is 323 g/mol. The summed E-state index contributed by atoms with van der Waals surface area (Å²) in [7, 11) is -2.08. The number of nitrogens with zero attached hydrogens (tertiary/aromatic N) is 1. The second-order valence-electron chi connectivity index (χ2n) is 5.39. The molecule has 2 N–H and O–H groups in total. The summed E-state index contributed by atoms with van der Waals surface area (Å²) < 4.78 is 33.3. The van der Waals surface area contributed by atoms with Gasteiger partial charge in [0.2, 0.25) is 0 Å². The van der Waals surface area contributed by atoms with Gasteiger partial charge in [0.1, 0.15) is 10.6 Å². The summed E-state index contributed by atoms with van der Waals surface area (Å²) in [6.45, 7) is 9.01. The standard InChI is InChI=1S/C15H21N3O3S/c1-8-7-13(9(2)10(3)14(8)21-6)18-22(19,20)15-11(4)16-17-12(15)5/h7,18H,1-6H3,(H,16,17). The van der Waals surface area contributed by atoms with Crippen LogP contribution in [0.1, 0.15) is 28.1 Å². The highest BCUT2D eigenvalue weighted by Gasteiger charge is 2.24. The Bertz CT molecular complexity index is 804. The molecule has 0 amide bonds. The van der Waals surface area contributed by atoms with Crippen LogP contribution in [-0.2, 0) is 10.0 Å². The molecule has 0 saturated carbocycles. The van der Waals surface area contributed by atoms with Crippen molar-refractivity contribution < 1.29 is 13.2 Å². The van der Waals surface area contributed by atoms with Crippen LogP contribution in [0, 0.1) is 34.6 Å². The van der Waals surface area contributed by atoms with Crippen LogP contribution >= 0.6 is 0 Å². The maximum Gasteiger partial charge on any atom is 0.265 e. The number of aryl methyl sites for hydroxylation is 3. The molecule has 1 aromatic heterocycles. The molecule has 0 fully saturated rings. The molecule has 0 radical (unpaired) electrons. The van der Waals surface area contributed by atoms with Gasteiger partial charge in [0.25, 0.3) is 10.0 Å².